The minimum Gasteiger partial charge on any atom is -0.298 e. The predicted molar refractivity (Wildman–Crippen MR) is 52.9 cm³/mol. The Morgan fingerprint density at radius 2 is 2.23 bits per heavy atom. The van der Waals surface area contributed by atoms with Crippen molar-refractivity contribution in [1.29, 1.82) is 0 Å². The first-order chi connectivity index (χ1) is 6.22. The summed E-state index contributed by atoms with van der Waals surface area (Å²) in [5.74, 6) is -0.194. The summed E-state index contributed by atoms with van der Waals surface area (Å²) >= 11 is 1.32. The fourth-order valence-corrected chi connectivity index (χ4v) is 1.72. The highest BCUT2D eigenvalue weighted by Gasteiger charge is 2.08. The van der Waals surface area contributed by atoms with Gasteiger partial charge >= 0.3 is 0 Å². The van der Waals surface area contributed by atoms with Gasteiger partial charge in [0.15, 0.2) is 0 Å². The molecule has 0 aromatic heterocycles. The van der Waals surface area contributed by atoms with E-state index < -0.39 is 0 Å². The first kappa shape index (κ1) is 10.3. The van der Waals surface area contributed by atoms with Gasteiger partial charge in [-0.2, -0.15) is 0 Å². The van der Waals surface area contributed by atoms with Crippen LogP contribution >= 0.6 is 11.8 Å². The maximum Gasteiger partial charge on any atom is 0.150 e. The third-order valence-electron chi connectivity index (χ3n) is 1.87. The van der Waals surface area contributed by atoms with Gasteiger partial charge in [-0.05, 0) is 30.4 Å². The summed E-state index contributed by atoms with van der Waals surface area (Å²) in [5.41, 5.74) is 1.15. The summed E-state index contributed by atoms with van der Waals surface area (Å²) in [5, 5.41) is 0. The first-order valence-corrected chi connectivity index (χ1v) is 5.27. The number of rotatable bonds is 3. The summed E-state index contributed by atoms with van der Waals surface area (Å²) in [6, 6.07) is 3.17. The maximum absolute atomic E-state index is 13.5. The lowest BCUT2D eigenvalue weighted by Crippen LogP contribution is -1.93. The lowest BCUT2D eigenvalue weighted by Gasteiger charge is -2.05. The Hall–Kier alpha value is -0.830. The number of hydrogen-bond acceptors (Lipinski definition) is 2. The van der Waals surface area contributed by atoms with E-state index in [0.29, 0.717) is 22.4 Å². The van der Waals surface area contributed by atoms with Crippen molar-refractivity contribution in [3.8, 4) is 0 Å². The summed E-state index contributed by atoms with van der Waals surface area (Å²) in [4.78, 5) is 11.1. The van der Waals surface area contributed by atoms with Gasteiger partial charge in [0.05, 0.1) is 0 Å². The van der Waals surface area contributed by atoms with Gasteiger partial charge in [0.1, 0.15) is 12.1 Å². The minimum atomic E-state index is -0.194. The van der Waals surface area contributed by atoms with Crippen LogP contribution in [0.1, 0.15) is 22.8 Å². The molecular weight excluding hydrogens is 187 g/mol. The van der Waals surface area contributed by atoms with Gasteiger partial charge in [-0.1, -0.05) is 6.92 Å². The van der Waals surface area contributed by atoms with Crippen molar-refractivity contribution in [3.05, 3.63) is 29.1 Å². The quantitative estimate of drug-likeness (QED) is 0.548. The second-order valence-corrected chi connectivity index (χ2v) is 3.52. The van der Waals surface area contributed by atoms with Crippen LogP contribution in [0.4, 0.5) is 4.39 Å². The standard InChI is InChI=1S/C10H11FOS/c1-3-8-4-7(6-12)5-9(13-2)10(8)11/h4-6H,3H2,1-2H3. The Balaban J connectivity index is 3.28. The van der Waals surface area contributed by atoms with E-state index in [0.717, 1.165) is 6.29 Å². The molecule has 0 unspecified atom stereocenters. The molecule has 0 heterocycles. The van der Waals surface area contributed by atoms with Gasteiger partial charge in [0.2, 0.25) is 0 Å². The maximum atomic E-state index is 13.5. The Labute approximate surface area is 81.3 Å². The number of halogens is 1. The van der Waals surface area contributed by atoms with Gasteiger partial charge in [-0.25, -0.2) is 4.39 Å². The van der Waals surface area contributed by atoms with Crippen LogP contribution < -0.4 is 0 Å². The Morgan fingerprint density at radius 1 is 1.54 bits per heavy atom. The average Bonchev–Trinajstić information content (AvgIpc) is 2.18. The number of carbonyl (C=O) groups is 1. The molecule has 1 aromatic carbocycles. The molecule has 0 atom stereocenters. The second kappa shape index (κ2) is 4.42. The van der Waals surface area contributed by atoms with Gasteiger partial charge in [-0.3, -0.25) is 4.79 Å². The fourth-order valence-electron chi connectivity index (χ4n) is 1.15. The molecule has 0 spiro atoms. The molecule has 0 fully saturated rings. The van der Waals surface area contributed by atoms with E-state index >= 15 is 0 Å². The van der Waals surface area contributed by atoms with Crippen molar-refractivity contribution in [2.45, 2.75) is 18.2 Å². The van der Waals surface area contributed by atoms with E-state index in [1.807, 2.05) is 6.92 Å². The van der Waals surface area contributed by atoms with E-state index in [1.54, 1.807) is 18.4 Å². The van der Waals surface area contributed by atoms with E-state index in [1.165, 1.54) is 11.8 Å². The third kappa shape index (κ3) is 2.10. The number of thioether (sulfide) groups is 1. The van der Waals surface area contributed by atoms with Crippen LogP contribution in [0.3, 0.4) is 0 Å². The van der Waals surface area contributed by atoms with Gasteiger partial charge in [0.25, 0.3) is 0 Å². The predicted octanol–water partition coefficient (Wildman–Crippen LogP) is 2.92. The zero-order valence-corrected chi connectivity index (χ0v) is 8.45. The lowest BCUT2D eigenvalue weighted by molar-refractivity contribution is 0.112. The molecular formula is C10H11FOS. The highest BCUT2D eigenvalue weighted by atomic mass is 32.2. The molecule has 1 aromatic rings. The van der Waals surface area contributed by atoms with Crippen LogP contribution in [-0.4, -0.2) is 12.5 Å². The molecule has 0 bridgehead atoms. The monoisotopic (exact) mass is 198 g/mol. The summed E-state index contributed by atoms with van der Waals surface area (Å²) in [6.07, 6.45) is 3.16. The SMILES string of the molecule is CCc1cc(C=O)cc(SC)c1F. The smallest absolute Gasteiger partial charge is 0.150 e. The average molecular weight is 198 g/mol. The van der Waals surface area contributed by atoms with E-state index in [4.69, 9.17) is 0 Å². The molecule has 3 heteroatoms. The Kier molecular flexibility index (Phi) is 3.48. The normalized spacial score (nSPS) is 10.1. The minimum absolute atomic E-state index is 0.194. The molecule has 1 rings (SSSR count). The topological polar surface area (TPSA) is 17.1 Å². The number of carbonyl (C=O) groups excluding carboxylic acids is 1. The zero-order valence-electron chi connectivity index (χ0n) is 7.63. The van der Waals surface area contributed by atoms with E-state index in [-0.39, 0.29) is 5.82 Å². The van der Waals surface area contributed by atoms with Crippen molar-refractivity contribution in [2.24, 2.45) is 0 Å². The third-order valence-corrected chi connectivity index (χ3v) is 2.61. The van der Waals surface area contributed by atoms with Crippen molar-refractivity contribution in [3.63, 3.8) is 0 Å². The number of hydrogen-bond donors (Lipinski definition) is 0. The van der Waals surface area contributed by atoms with Crippen LogP contribution in [0.15, 0.2) is 17.0 Å². The van der Waals surface area contributed by atoms with Gasteiger partial charge in [0, 0.05) is 10.5 Å². The molecule has 0 aliphatic carbocycles. The molecule has 0 aliphatic rings. The van der Waals surface area contributed by atoms with Gasteiger partial charge < -0.3 is 0 Å². The molecule has 70 valence electrons. The van der Waals surface area contributed by atoms with Crippen molar-refractivity contribution < 1.29 is 9.18 Å². The molecule has 0 saturated carbocycles. The van der Waals surface area contributed by atoms with Crippen LogP contribution in [0.2, 0.25) is 0 Å². The van der Waals surface area contributed by atoms with Crippen LogP contribution in [0.25, 0.3) is 0 Å². The summed E-state index contributed by atoms with van der Waals surface area (Å²) in [7, 11) is 0. The lowest BCUT2D eigenvalue weighted by atomic mass is 10.1. The molecule has 0 aliphatic heterocycles. The summed E-state index contributed by atoms with van der Waals surface area (Å²) in [6.45, 7) is 1.87. The molecule has 0 amide bonds. The first-order valence-electron chi connectivity index (χ1n) is 4.04. The molecule has 1 nitrogen and oxygen atoms in total. The van der Waals surface area contributed by atoms with Crippen LogP contribution in [0, 0.1) is 5.82 Å². The number of benzene rings is 1. The Morgan fingerprint density at radius 3 is 2.69 bits per heavy atom. The number of aldehydes is 1. The van der Waals surface area contributed by atoms with Crippen molar-refractivity contribution in [1.82, 2.24) is 0 Å². The largest absolute Gasteiger partial charge is 0.298 e. The second-order valence-electron chi connectivity index (χ2n) is 2.67. The van der Waals surface area contributed by atoms with Crippen molar-refractivity contribution in [2.75, 3.05) is 6.26 Å². The zero-order chi connectivity index (χ0) is 9.84. The number of aryl methyl sites for hydroxylation is 1. The molecule has 0 saturated heterocycles. The van der Waals surface area contributed by atoms with Crippen LogP contribution in [0.5, 0.6) is 0 Å². The van der Waals surface area contributed by atoms with Crippen LogP contribution in [-0.2, 0) is 6.42 Å². The molecule has 13 heavy (non-hydrogen) atoms. The van der Waals surface area contributed by atoms with E-state index in [2.05, 4.69) is 0 Å². The highest BCUT2D eigenvalue weighted by Crippen LogP contribution is 2.23. The fraction of sp³-hybridized carbons (Fsp3) is 0.300. The van der Waals surface area contributed by atoms with E-state index in [9.17, 15) is 9.18 Å². The summed E-state index contributed by atoms with van der Waals surface area (Å²) < 4.78 is 13.5. The Bertz CT molecular complexity index is 298. The molecule has 0 N–H and O–H groups in total. The van der Waals surface area contributed by atoms with Crippen molar-refractivity contribution >= 4 is 18.0 Å². The van der Waals surface area contributed by atoms with Gasteiger partial charge in [-0.15, -0.1) is 11.8 Å². The highest BCUT2D eigenvalue weighted by molar-refractivity contribution is 7.98. The molecule has 0 radical (unpaired) electrons.